The van der Waals surface area contributed by atoms with E-state index in [1.807, 2.05) is 20.1 Å². The first kappa shape index (κ1) is 19.7. The fraction of sp³-hybridized carbons (Fsp3) is 0.800. The smallest absolute Gasteiger partial charge is 0.137 e. The topological polar surface area (TPSA) is 50.5 Å². The van der Waals surface area contributed by atoms with Gasteiger partial charge in [-0.25, -0.2) is 0 Å². The average molecular weight is 352 g/mol. The maximum atomic E-state index is 5.70. The summed E-state index contributed by atoms with van der Waals surface area (Å²) in [4.78, 5) is 2.61. The zero-order chi connectivity index (χ0) is 13.9. The van der Waals surface area contributed by atoms with Gasteiger partial charge in [-0.15, -0.1) is 24.8 Å². The molecule has 0 radical (unpaired) electrons. The van der Waals surface area contributed by atoms with Crippen molar-refractivity contribution in [2.75, 3.05) is 33.3 Å². The van der Waals surface area contributed by atoms with Gasteiger partial charge < -0.3 is 14.6 Å². The van der Waals surface area contributed by atoms with Gasteiger partial charge in [0.1, 0.15) is 5.76 Å². The molecule has 0 spiro atoms. The lowest BCUT2D eigenvalue weighted by Gasteiger charge is -2.31. The summed E-state index contributed by atoms with van der Waals surface area (Å²) in [6.45, 7) is 6.42. The number of likely N-dealkylation sites (tertiary alicyclic amines) is 1. The number of aromatic nitrogens is 1. The Morgan fingerprint density at radius 3 is 2.64 bits per heavy atom. The Hall–Kier alpha value is -0.330. The summed E-state index contributed by atoms with van der Waals surface area (Å²) >= 11 is 0. The molecule has 0 unspecified atom stereocenters. The molecule has 128 valence electrons. The van der Waals surface area contributed by atoms with Crippen LogP contribution in [-0.2, 0) is 11.2 Å². The predicted octanol–water partition coefficient (Wildman–Crippen LogP) is 2.07. The highest BCUT2D eigenvalue weighted by atomic mass is 35.5. The highest BCUT2D eigenvalue weighted by Crippen LogP contribution is 2.27. The van der Waals surface area contributed by atoms with E-state index < -0.39 is 0 Å². The van der Waals surface area contributed by atoms with Gasteiger partial charge in [0, 0.05) is 44.6 Å². The summed E-state index contributed by atoms with van der Waals surface area (Å²) in [6.07, 6.45) is 3.76. The fourth-order valence-corrected chi connectivity index (χ4v) is 3.58. The van der Waals surface area contributed by atoms with Crippen LogP contribution in [0.25, 0.3) is 0 Å². The monoisotopic (exact) mass is 351 g/mol. The van der Waals surface area contributed by atoms with Crippen molar-refractivity contribution in [2.24, 2.45) is 5.92 Å². The van der Waals surface area contributed by atoms with Crippen LogP contribution in [-0.4, -0.2) is 55.5 Å². The number of hydrogen-bond donors (Lipinski definition) is 1. The van der Waals surface area contributed by atoms with Crippen LogP contribution in [0.3, 0.4) is 0 Å². The predicted molar refractivity (Wildman–Crippen MR) is 91.2 cm³/mol. The van der Waals surface area contributed by atoms with E-state index >= 15 is 0 Å². The van der Waals surface area contributed by atoms with Crippen LogP contribution < -0.4 is 5.32 Å². The van der Waals surface area contributed by atoms with E-state index in [2.05, 4.69) is 15.4 Å². The Morgan fingerprint density at radius 2 is 2.05 bits per heavy atom. The molecular formula is C15H27Cl2N3O2. The van der Waals surface area contributed by atoms with E-state index in [1.165, 1.54) is 12.8 Å². The molecule has 2 saturated heterocycles. The average Bonchev–Trinajstić information content (AvgIpc) is 3.07. The van der Waals surface area contributed by atoms with Crippen LogP contribution in [0, 0.1) is 12.8 Å². The number of methoxy groups -OCH3 is 1. The molecule has 1 aromatic rings. The molecule has 2 fully saturated rings. The Labute approximate surface area is 144 Å². The number of ether oxygens (including phenoxy) is 1. The van der Waals surface area contributed by atoms with Crippen molar-refractivity contribution in [3.05, 3.63) is 17.5 Å². The fourth-order valence-electron chi connectivity index (χ4n) is 3.58. The summed E-state index contributed by atoms with van der Waals surface area (Å²) < 4.78 is 11.1. The molecule has 0 bridgehead atoms. The highest BCUT2D eigenvalue weighted by molar-refractivity contribution is 5.85. The lowest BCUT2D eigenvalue weighted by Crippen LogP contribution is -2.42. The minimum atomic E-state index is 0. The minimum Gasteiger partial charge on any atom is -0.380 e. The van der Waals surface area contributed by atoms with Gasteiger partial charge in [-0.3, -0.25) is 4.90 Å². The van der Waals surface area contributed by atoms with E-state index in [9.17, 15) is 0 Å². The van der Waals surface area contributed by atoms with Gasteiger partial charge in [0.25, 0.3) is 0 Å². The van der Waals surface area contributed by atoms with Crippen molar-refractivity contribution in [3.63, 3.8) is 0 Å². The van der Waals surface area contributed by atoms with Gasteiger partial charge >= 0.3 is 0 Å². The van der Waals surface area contributed by atoms with E-state index in [0.29, 0.717) is 12.0 Å². The number of hydrogen-bond acceptors (Lipinski definition) is 5. The molecule has 3 rings (SSSR count). The van der Waals surface area contributed by atoms with Crippen LogP contribution in [0.4, 0.5) is 0 Å². The normalized spacial score (nSPS) is 26.5. The summed E-state index contributed by atoms with van der Waals surface area (Å²) in [6, 6.07) is 2.76. The van der Waals surface area contributed by atoms with E-state index in [1.54, 1.807) is 0 Å². The molecular weight excluding hydrogens is 325 g/mol. The Morgan fingerprint density at radius 1 is 1.32 bits per heavy atom. The first-order valence-electron chi connectivity index (χ1n) is 7.66. The second kappa shape index (κ2) is 9.08. The summed E-state index contributed by atoms with van der Waals surface area (Å²) in [5.74, 6) is 1.50. The molecule has 0 aliphatic carbocycles. The summed E-state index contributed by atoms with van der Waals surface area (Å²) in [5, 5.41) is 7.42. The number of rotatable bonds is 4. The summed E-state index contributed by atoms with van der Waals surface area (Å²) in [7, 11) is 1.83. The Kier molecular flexibility index (Phi) is 8.14. The SMILES string of the molecule is CO[C@H]1CN(C2CCNCC2)C[C@H]1Cc1cc(C)no1.Cl.Cl. The van der Waals surface area contributed by atoms with Gasteiger partial charge in [-0.05, 0) is 32.9 Å². The quantitative estimate of drug-likeness (QED) is 0.899. The van der Waals surface area contributed by atoms with Crippen molar-refractivity contribution in [1.82, 2.24) is 15.4 Å². The molecule has 22 heavy (non-hydrogen) atoms. The maximum absolute atomic E-state index is 5.70. The second-order valence-corrected chi connectivity index (χ2v) is 6.11. The second-order valence-electron chi connectivity index (χ2n) is 6.11. The largest absolute Gasteiger partial charge is 0.380 e. The van der Waals surface area contributed by atoms with Crippen molar-refractivity contribution >= 4 is 24.8 Å². The van der Waals surface area contributed by atoms with E-state index in [4.69, 9.17) is 9.26 Å². The number of halogens is 2. The lowest BCUT2D eigenvalue weighted by atomic mass is 10.00. The molecule has 0 amide bonds. The third-order valence-corrected chi connectivity index (χ3v) is 4.68. The van der Waals surface area contributed by atoms with Gasteiger partial charge in [-0.2, -0.15) is 0 Å². The highest BCUT2D eigenvalue weighted by Gasteiger charge is 2.37. The summed E-state index contributed by atoms with van der Waals surface area (Å²) in [5.41, 5.74) is 0.960. The zero-order valence-corrected chi connectivity index (χ0v) is 14.9. The zero-order valence-electron chi connectivity index (χ0n) is 13.3. The number of nitrogens with zero attached hydrogens (tertiary/aromatic N) is 2. The minimum absolute atomic E-state index is 0. The molecule has 1 N–H and O–H groups in total. The van der Waals surface area contributed by atoms with Crippen LogP contribution >= 0.6 is 24.8 Å². The molecule has 0 aromatic carbocycles. The van der Waals surface area contributed by atoms with Gasteiger partial charge in [0.05, 0.1) is 11.8 Å². The molecule has 5 nitrogen and oxygen atoms in total. The third-order valence-electron chi connectivity index (χ3n) is 4.68. The van der Waals surface area contributed by atoms with Crippen LogP contribution in [0.5, 0.6) is 0 Å². The molecule has 2 aliphatic heterocycles. The Bertz CT molecular complexity index is 438. The maximum Gasteiger partial charge on any atom is 0.137 e. The third kappa shape index (κ3) is 4.59. The van der Waals surface area contributed by atoms with Gasteiger partial charge in [-0.1, -0.05) is 5.16 Å². The first-order chi connectivity index (χ1) is 9.76. The van der Waals surface area contributed by atoms with Crippen LogP contribution in [0.2, 0.25) is 0 Å². The molecule has 1 aromatic heterocycles. The van der Waals surface area contributed by atoms with Gasteiger partial charge in [0.15, 0.2) is 0 Å². The van der Waals surface area contributed by atoms with Crippen molar-refractivity contribution in [3.8, 4) is 0 Å². The van der Waals surface area contributed by atoms with Gasteiger partial charge in [0.2, 0.25) is 0 Å². The molecule has 2 atom stereocenters. The number of aryl methyl sites for hydroxylation is 1. The lowest BCUT2D eigenvalue weighted by molar-refractivity contribution is 0.0725. The number of piperidine rings is 1. The van der Waals surface area contributed by atoms with Crippen molar-refractivity contribution < 1.29 is 9.26 Å². The van der Waals surface area contributed by atoms with Crippen LogP contribution in [0.15, 0.2) is 10.6 Å². The first-order valence-corrected chi connectivity index (χ1v) is 7.66. The molecule has 2 aliphatic rings. The molecule has 0 saturated carbocycles. The standard InChI is InChI=1S/C15H25N3O2.2ClH/c1-11-7-14(20-17-11)8-12-9-18(10-15(12)19-2)13-3-5-16-6-4-13;;/h7,12-13,15-16H,3-6,8-10H2,1-2H3;2*1H/t12-,15+;;/m1../s1. The Balaban J connectivity index is 0.00000121. The van der Waals surface area contributed by atoms with E-state index in [-0.39, 0.29) is 24.8 Å². The number of nitrogens with one attached hydrogen (secondary N) is 1. The van der Waals surface area contributed by atoms with Crippen molar-refractivity contribution in [2.45, 2.75) is 38.3 Å². The van der Waals surface area contributed by atoms with Crippen LogP contribution in [0.1, 0.15) is 24.3 Å². The molecule has 3 heterocycles. The molecule has 7 heteroatoms. The van der Waals surface area contributed by atoms with E-state index in [0.717, 1.165) is 50.1 Å². The van der Waals surface area contributed by atoms with Crippen molar-refractivity contribution in [1.29, 1.82) is 0 Å².